The van der Waals surface area contributed by atoms with Crippen LogP contribution in [-0.2, 0) is 4.79 Å². The molecule has 0 spiro atoms. The minimum absolute atomic E-state index is 0.153. The Bertz CT molecular complexity index is 1020. The number of rotatable bonds is 6. The fourth-order valence-corrected chi connectivity index (χ4v) is 3.54. The van der Waals surface area contributed by atoms with Crippen LogP contribution in [0.5, 0.6) is 17.2 Å². The van der Waals surface area contributed by atoms with Gasteiger partial charge in [-0.1, -0.05) is 11.3 Å². The van der Waals surface area contributed by atoms with Crippen molar-refractivity contribution in [3.05, 3.63) is 35.9 Å². The van der Waals surface area contributed by atoms with Gasteiger partial charge in [0.15, 0.2) is 16.6 Å². The van der Waals surface area contributed by atoms with Gasteiger partial charge in [0.05, 0.1) is 31.5 Å². The number of hydrogen-bond acceptors (Lipinski definition) is 7. The Labute approximate surface area is 165 Å². The van der Waals surface area contributed by atoms with E-state index in [4.69, 9.17) is 14.2 Å². The molecule has 3 rings (SSSR count). The Kier molecular flexibility index (Phi) is 5.65. The lowest BCUT2D eigenvalue weighted by Gasteiger charge is -2.13. The SMILES string of the molecule is COc1cc(C(=O)Nc2nc3ccc(NC(C)=O)cc3s2)cc(OC)c1OC. The first-order chi connectivity index (χ1) is 13.4. The van der Waals surface area contributed by atoms with Crippen molar-refractivity contribution in [2.75, 3.05) is 32.0 Å². The van der Waals surface area contributed by atoms with Crippen LogP contribution in [0.25, 0.3) is 10.2 Å². The third kappa shape index (κ3) is 3.99. The summed E-state index contributed by atoms with van der Waals surface area (Å²) < 4.78 is 16.7. The van der Waals surface area contributed by atoms with Gasteiger partial charge in [0, 0.05) is 18.2 Å². The molecule has 9 heteroatoms. The quantitative estimate of drug-likeness (QED) is 0.656. The number of carbonyl (C=O) groups is 2. The van der Waals surface area contributed by atoms with E-state index in [9.17, 15) is 9.59 Å². The number of methoxy groups -OCH3 is 3. The maximum atomic E-state index is 12.7. The number of fused-ring (bicyclic) bond motifs is 1. The summed E-state index contributed by atoms with van der Waals surface area (Å²) in [5, 5.41) is 5.94. The predicted octanol–water partition coefficient (Wildman–Crippen LogP) is 3.53. The lowest BCUT2D eigenvalue weighted by Crippen LogP contribution is -2.12. The molecule has 0 saturated heterocycles. The summed E-state index contributed by atoms with van der Waals surface area (Å²) in [5.74, 6) is 0.666. The highest BCUT2D eigenvalue weighted by atomic mass is 32.1. The first-order valence-corrected chi connectivity index (χ1v) is 9.06. The van der Waals surface area contributed by atoms with Gasteiger partial charge in [0.1, 0.15) is 0 Å². The fraction of sp³-hybridized carbons (Fsp3) is 0.211. The van der Waals surface area contributed by atoms with E-state index in [1.54, 1.807) is 24.3 Å². The normalized spacial score (nSPS) is 10.4. The third-order valence-electron chi connectivity index (χ3n) is 3.86. The molecule has 8 nitrogen and oxygen atoms in total. The van der Waals surface area contributed by atoms with E-state index >= 15 is 0 Å². The molecule has 28 heavy (non-hydrogen) atoms. The Morgan fingerprint density at radius 1 is 0.964 bits per heavy atom. The number of amides is 2. The zero-order chi connectivity index (χ0) is 20.3. The van der Waals surface area contributed by atoms with E-state index in [2.05, 4.69) is 15.6 Å². The van der Waals surface area contributed by atoms with Crippen LogP contribution in [0.2, 0.25) is 0 Å². The maximum Gasteiger partial charge on any atom is 0.257 e. The number of nitrogens with zero attached hydrogens (tertiary/aromatic N) is 1. The highest BCUT2D eigenvalue weighted by Gasteiger charge is 2.18. The Balaban J connectivity index is 1.87. The van der Waals surface area contributed by atoms with Gasteiger partial charge in [0.2, 0.25) is 11.7 Å². The monoisotopic (exact) mass is 401 g/mol. The lowest BCUT2D eigenvalue weighted by molar-refractivity contribution is -0.114. The lowest BCUT2D eigenvalue weighted by atomic mass is 10.1. The number of benzene rings is 2. The molecular weight excluding hydrogens is 382 g/mol. The summed E-state index contributed by atoms with van der Waals surface area (Å²) in [5.41, 5.74) is 1.73. The van der Waals surface area contributed by atoms with Crippen molar-refractivity contribution in [3.8, 4) is 17.2 Å². The second-order valence-electron chi connectivity index (χ2n) is 5.75. The molecule has 1 aromatic heterocycles. The molecule has 3 aromatic rings. The second-order valence-corrected chi connectivity index (χ2v) is 6.78. The van der Waals surface area contributed by atoms with Gasteiger partial charge in [-0.15, -0.1) is 0 Å². The molecule has 0 unspecified atom stereocenters. The van der Waals surface area contributed by atoms with Crippen LogP contribution >= 0.6 is 11.3 Å². The van der Waals surface area contributed by atoms with Crippen molar-refractivity contribution < 1.29 is 23.8 Å². The maximum absolute atomic E-state index is 12.7. The van der Waals surface area contributed by atoms with Crippen molar-refractivity contribution in [2.24, 2.45) is 0 Å². The molecule has 2 amide bonds. The third-order valence-corrected chi connectivity index (χ3v) is 4.79. The molecule has 0 saturated carbocycles. The highest BCUT2D eigenvalue weighted by Crippen LogP contribution is 2.38. The average molecular weight is 401 g/mol. The molecule has 2 aromatic carbocycles. The van der Waals surface area contributed by atoms with Crippen molar-refractivity contribution in [3.63, 3.8) is 0 Å². The molecule has 0 bridgehead atoms. The van der Waals surface area contributed by atoms with Crippen molar-refractivity contribution in [1.82, 2.24) is 4.98 Å². The number of carbonyl (C=O) groups excluding carboxylic acids is 2. The van der Waals surface area contributed by atoms with E-state index in [1.807, 2.05) is 6.07 Å². The van der Waals surface area contributed by atoms with Gasteiger partial charge in [-0.05, 0) is 30.3 Å². The number of ether oxygens (including phenoxy) is 3. The molecule has 0 aliphatic carbocycles. The zero-order valence-electron chi connectivity index (χ0n) is 15.8. The molecule has 0 fully saturated rings. The summed E-state index contributed by atoms with van der Waals surface area (Å²) >= 11 is 1.31. The molecular formula is C19H19N3O5S. The summed E-state index contributed by atoms with van der Waals surface area (Å²) in [7, 11) is 4.47. The highest BCUT2D eigenvalue weighted by molar-refractivity contribution is 7.22. The minimum Gasteiger partial charge on any atom is -0.493 e. The average Bonchev–Trinajstić information content (AvgIpc) is 3.07. The van der Waals surface area contributed by atoms with Crippen LogP contribution in [0.15, 0.2) is 30.3 Å². The van der Waals surface area contributed by atoms with Gasteiger partial charge in [-0.3, -0.25) is 14.9 Å². The minimum atomic E-state index is -0.361. The van der Waals surface area contributed by atoms with Gasteiger partial charge in [-0.2, -0.15) is 0 Å². The molecule has 0 radical (unpaired) electrons. The topological polar surface area (TPSA) is 98.8 Å². The Hall–Kier alpha value is -3.33. The summed E-state index contributed by atoms with van der Waals surface area (Å²) in [4.78, 5) is 28.3. The number of nitrogens with one attached hydrogen (secondary N) is 2. The van der Waals surface area contributed by atoms with E-state index in [-0.39, 0.29) is 11.8 Å². The standard InChI is InChI=1S/C19H19N3O5S/c1-10(23)20-12-5-6-13-16(9-12)28-19(21-13)22-18(24)11-7-14(25-2)17(27-4)15(8-11)26-3/h5-9H,1-4H3,(H,20,23)(H,21,22,24). The molecule has 2 N–H and O–H groups in total. The summed E-state index contributed by atoms with van der Waals surface area (Å²) in [6.07, 6.45) is 0. The van der Waals surface area contributed by atoms with E-state index < -0.39 is 0 Å². The van der Waals surface area contributed by atoms with Crippen LogP contribution < -0.4 is 24.8 Å². The second kappa shape index (κ2) is 8.13. The molecule has 0 aliphatic rings. The van der Waals surface area contributed by atoms with Crippen LogP contribution in [0.3, 0.4) is 0 Å². The van der Waals surface area contributed by atoms with E-state index in [0.29, 0.717) is 33.6 Å². The largest absolute Gasteiger partial charge is 0.493 e. The van der Waals surface area contributed by atoms with Crippen LogP contribution in [0.4, 0.5) is 10.8 Å². The van der Waals surface area contributed by atoms with E-state index in [0.717, 1.165) is 10.2 Å². The zero-order valence-corrected chi connectivity index (χ0v) is 16.6. The smallest absolute Gasteiger partial charge is 0.257 e. The molecule has 1 heterocycles. The predicted molar refractivity (Wildman–Crippen MR) is 108 cm³/mol. The number of hydrogen-bond donors (Lipinski definition) is 2. The van der Waals surface area contributed by atoms with Crippen molar-refractivity contribution in [1.29, 1.82) is 0 Å². The summed E-state index contributed by atoms with van der Waals surface area (Å²) in [6, 6.07) is 8.49. The van der Waals surface area contributed by atoms with Crippen LogP contribution in [-0.4, -0.2) is 38.1 Å². The molecule has 0 atom stereocenters. The van der Waals surface area contributed by atoms with Gasteiger partial charge in [-0.25, -0.2) is 4.98 Å². The van der Waals surface area contributed by atoms with Crippen molar-refractivity contribution in [2.45, 2.75) is 6.92 Å². The van der Waals surface area contributed by atoms with Crippen LogP contribution in [0, 0.1) is 0 Å². The number of thiazole rings is 1. The van der Waals surface area contributed by atoms with Gasteiger partial charge < -0.3 is 19.5 Å². The van der Waals surface area contributed by atoms with Gasteiger partial charge >= 0.3 is 0 Å². The number of anilines is 2. The fourth-order valence-electron chi connectivity index (χ4n) is 2.64. The first kappa shape index (κ1) is 19.4. The molecule has 146 valence electrons. The Morgan fingerprint density at radius 3 is 2.21 bits per heavy atom. The van der Waals surface area contributed by atoms with E-state index in [1.165, 1.54) is 39.6 Å². The van der Waals surface area contributed by atoms with Crippen molar-refractivity contribution >= 4 is 44.2 Å². The first-order valence-electron chi connectivity index (χ1n) is 8.24. The Morgan fingerprint density at radius 2 is 1.64 bits per heavy atom. The molecule has 0 aliphatic heterocycles. The van der Waals surface area contributed by atoms with Gasteiger partial charge in [0.25, 0.3) is 5.91 Å². The summed E-state index contributed by atoms with van der Waals surface area (Å²) in [6.45, 7) is 1.44. The van der Waals surface area contributed by atoms with Crippen LogP contribution in [0.1, 0.15) is 17.3 Å². The number of aromatic nitrogens is 1.